The van der Waals surface area contributed by atoms with Gasteiger partial charge in [-0.25, -0.2) is 9.67 Å². The molecule has 6 heteroatoms. The van der Waals surface area contributed by atoms with E-state index in [1.54, 1.807) is 4.68 Å². The molecule has 112 valence electrons. The molecule has 5 nitrogen and oxygen atoms in total. The van der Waals surface area contributed by atoms with Crippen LogP contribution in [0, 0.1) is 6.92 Å². The largest absolute Gasteiger partial charge is 0.363 e. The van der Waals surface area contributed by atoms with Crippen molar-refractivity contribution in [1.82, 2.24) is 14.8 Å². The molecule has 0 atom stereocenters. The summed E-state index contributed by atoms with van der Waals surface area (Å²) < 4.78 is 1.64. The van der Waals surface area contributed by atoms with E-state index >= 15 is 0 Å². The average Bonchev–Trinajstić information content (AvgIpc) is 2.93. The SMILES string of the molecule is Cc1cccc(-n2nc(C(N)=O)nc2-c2ccccc2)c1.Cl. The van der Waals surface area contributed by atoms with Crippen molar-refractivity contribution in [3.05, 3.63) is 66.0 Å². The van der Waals surface area contributed by atoms with Gasteiger partial charge in [-0.3, -0.25) is 4.79 Å². The fraction of sp³-hybridized carbons (Fsp3) is 0.0625. The molecule has 0 saturated carbocycles. The summed E-state index contributed by atoms with van der Waals surface area (Å²) in [5.41, 5.74) is 8.12. The Hall–Kier alpha value is -2.66. The number of rotatable bonds is 3. The monoisotopic (exact) mass is 314 g/mol. The summed E-state index contributed by atoms with van der Waals surface area (Å²) in [6.45, 7) is 2.00. The van der Waals surface area contributed by atoms with Crippen molar-refractivity contribution in [3.63, 3.8) is 0 Å². The highest BCUT2D eigenvalue weighted by atomic mass is 35.5. The molecule has 1 aromatic heterocycles. The van der Waals surface area contributed by atoms with E-state index in [0.29, 0.717) is 5.82 Å². The number of primary amides is 1. The van der Waals surface area contributed by atoms with Crippen LogP contribution in [0.3, 0.4) is 0 Å². The van der Waals surface area contributed by atoms with E-state index in [2.05, 4.69) is 10.1 Å². The normalized spacial score (nSPS) is 10.0. The Kier molecular flexibility index (Phi) is 4.58. The van der Waals surface area contributed by atoms with Crippen molar-refractivity contribution >= 4 is 18.3 Å². The Morgan fingerprint density at radius 2 is 1.82 bits per heavy atom. The fourth-order valence-electron chi connectivity index (χ4n) is 2.13. The quantitative estimate of drug-likeness (QED) is 0.807. The van der Waals surface area contributed by atoms with Gasteiger partial charge in [0.25, 0.3) is 5.91 Å². The molecule has 2 aromatic carbocycles. The minimum absolute atomic E-state index is 0. The number of carbonyl (C=O) groups excluding carboxylic acids is 1. The summed E-state index contributed by atoms with van der Waals surface area (Å²) in [6.07, 6.45) is 0. The van der Waals surface area contributed by atoms with Crippen molar-refractivity contribution in [2.45, 2.75) is 6.92 Å². The number of halogens is 1. The van der Waals surface area contributed by atoms with Gasteiger partial charge >= 0.3 is 0 Å². The number of amides is 1. The van der Waals surface area contributed by atoms with Crippen molar-refractivity contribution in [1.29, 1.82) is 0 Å². The van der Waals surface area contributed by atoms with Crippen LogP contribution in [-0.2, 0) is 0 Å². The van der Waals surface area contributed by atoms with Crippen LogP contribution in [-0.4, -0.2) is 20.7 Å². The third-order valence-electron chi connectivity index (χ3n) is 3.11. The number of carbonyl (C=O) groups is 1. The molecule has 0 radical (unpaired) electrons. The lowest BCUT2D eigenvalue weighted by atomic mass is 10.2. The predicted octanol–water partition coefficient (Wildman–Crippen LogP) is 2.76. The summed E-state index contributed by atoms with van der Waals surface area (Å²) in [7, 11) is 0. The van der Waals surface area contributed by atoms with Crippen molar-refractivity contribution in [2.75, 3.05) is 0 Å². The highest BCUT2D eigenvalue weighted by molar-refractivity contribution is 5.89. The molecular weight excluding hydrogens is 300 g/mol. The minimum Gasteiger partial charge on any atom is -0.363 e. The van der Waals surface area contributed by atoms with Crippen molar-refractivity contribution in [3.8, 4) is 17.1 Å². The van der Waals surface area contributed by atoms with E-state index < -0.39 is 5.91 Å². The number of benzene rings is 2. The molecule has 0 unspecified atom stereocenters. The summed E-state index contributed by atoms with van der Waals surface area (Å²) in [5, 5.41) is 4.23. The van der Waals surface area contributed by atoms with E-state index in [9.17, 15) is 4.79 Å². The molecule has 2 N–H and O–H groups in total. The van der Waals surface area contributed by atoms with Gasteiger partial charge in [-0.1, -0.05) is 42.5 Å². The third kappa shape index (κ3) is 2.99. The van der Waals surface area contributed by atoms with Crippen LogP contribution in [0.2, 0.25) is 0 Å². The lowest BCUT2D eigenvalue weighted by Gasteiger charge is -2.06. The van der Waals surface area contributed by atoms with E-state index in [0.717, 1.165) is 16.8 Å². The number of nitrogens with zero attached hydrogens (tertiary/aromatic N) is 3. The number of aryl methyl sites for hydroxylation is 1. The molecule has 22 heavy (non-hydrogen) atoms. The lowest BCUT2D eigenvalue weighted by molar-refractivity contribution is 0.0990. The van der Waals surface area contributed by atoms with Crippen LogP contribution in [0.1, 0.15) is 16.2 Å². The molecule has 3 rings (SSSR count). The number of hydrogen-bond donors (Lipinski definition) is 1. The first-order valence-corrected chi connectivity index (χ1v) is 6.54. The summed E-state index contributed by atoms with van der Waals surface area (Å²) >= 11 is 0. The Balaban J connectivity index is 0.00000176. The first-order chi connectivity index (χ1) is 10.1. The van der Waals surface area contributed by atoms with Gasteiger partial charge in [-0.2, -0.15) is 0 Å². The summed E-state index contributed by atoms with van der Waals surface area (Å²) in [4.78, 5) is 15.6. The standard InChI is InChI=1S/C16H14N4O.ClH/c1-11-6-5-9-13(10-11)20-16(12-7-3-2-4-8-12)18-15(19-20)14(17)21;/h2-10H,1H3,(H2,17,21);1H. The maximum absolute atomic E-state index is 11.4. The van der Waals surface area contributed by atoms with Gasteiger partial charge in [-0.05, 0) is 24.6 Å². The topological polar surface area (TPSA) is 73.8 Å². The molecule has 0 fully saturated rings. The van der Waals surface area contributed by atoms with Crippen LogP contribution in [0.15, 0.2) is 54.6 Å². The summed E-state index contributed by atoms with van der Waals surface area (Å²) in [6, 6.07) is 17.4. The maximum atomic E-state index is 11.4. The van der Waals surface area contributed by atoms with Crippen LogP contribution in [0.25, 0.3) is 17.1 Å². The zero-order valence-corrected chi connectivity index (χ0v) is 12.7. The second-order valence-electron chi connectivity index (χ2n) is 4.74. The van der Waals surface area contributed by atoms with Gasteiger partial charge in [0.05, 0.1) is 5.69 Å². The Morgan fingerprint density at radius 3 is 2.45 bits per heavy atom. The molecule has 3 aromatic rings. The van der Waals surface area contributed by atoms with Gasteiger partial charge in [-0.15, -0.1) is 17.5 Å². The lowest BCUT2D eigenvalue weighted by Crippen LogP contribution is -2.13. The number of nitrogens with two attached hydrogens (primary N) is 1. The van der Waals surface area contributed by atoms with Crippen LogP contribution in [0.5, 0.6) is 0 Å². The average molecular weight is 315 g/mol. The molecule has 0 aliphatic heterocycles. The van der Waals surface area contributed by atoms with Gasteiger partial charge in [0.2, 0.25) is 5.82 Å². The molecule has 0 aliphatic rings. The number of aromatic nitrogens is 3. The van der Waals surface area contributed by atoms with E-state index in [4.69, 9.17) is 5.73 Å². The first kappa shape index (κ1) is 15.7. The number of hydrogen-bond acceptors (Lipinski definition) is 3. The summed E-state index contributed by atoms with van der Waals surface area (Å²) in [5.74, 6) is -0.0380. The smallest absolute Gasteiger partial charge is 0.288 e. The van der Waals surface area contributed by atoms with Gasteiger partial charge in [0, 0.05) is 5.56 Å². The van der Waals surface area contributed by atoms with Gasteiger partial charge in [0.1, 0.15) is 0 Å². The zero-order valence-electron chi connectivity index (χ0n) is 11.9. The molecule has 0 aliphatic carbocycles. The van der Waals surface area contributed by atoms with E-state index in [-0.39, 0.29) is 18.2 Å². The highest BCUT2D eigenvalue weighted by Gasteiger charge is 2.16. The van der Waals surface area contributed by atoms with Crippen LogP contribution >= 0.6 is 12.4 Å². The molecule has 0 spiro atoms. The first-order valence-electron chi connectivity index (χ1n) is 6.54. The second-order valence-corrected chi connectivity index (χ2v) is 4.74. The maximum Gasteiger partial charge on any atom is 0.288 e. The third-order valence-corrected chi connectivity index (χ3v) is 3.11. The zero-order chi connectivity index (χ0) is 14.8. The van der Waals surface area contributed by atoms with Crippen LogP contribution in [0.4, 0.5) is 0 Å². The Labute approximate surface area is 134 Å². The highest BCUT2D eigenvalue weighted by Crippen LogP contribution is 2.21. The van der Waals surface area contributed by atoms with Crippen molar-refractivity contribution < 1.29 is 4.79 Å². The van der Waals surface area contributed by atoms with Gasteiger partial charge in [0.15, 0.2) is 5.82 Å². The second kappa shape index (κ2) is 6.41. The Bertz CT molecular complexity index is 799. The molecule has 1 heterocycles. The molecule has 1 amide bonds. The van der Waals surface area contributed by atoms with Gasteiger partial charge < -0.3 is 5.73 Å². The van der Waals surface area contributed by atoms with E-state index in [1.165, 1.54) is 0 Å². The minimum atomic E-state index is -0.640. The fourth-order valence-corrected chi connectivity index (χ4v) is 2.13. The Morgan fingerprint density at radius 1 is 1.09 bits per heavy atom. The molecule has 0 bridgehead atoms. The molecular formula is C16H15ClN4O. The van der Waals surface area contributed by atoms with E-state index in [1.807, 2.05) is 61.5 Å². The molecule has 0 saturated heterocycles. The van der Waals surface area contributed by atoms with Crippen LogP contribution < -0.4 is 5.73 Å². The predicted molar refractivity (Wildman–Crippen MR) is 87.3 cm³/mol. The van der Waals surface area contributed by atoms with Crippen molar-refractivity contribution in [2.24, 2.45) is 5.73 Å².